The van der Waals surface area contributed by atoms with E-state index in [1.54, 1.807) is 29.2 Å². The normalized spacial score (nSPS) is 12.9. The molecule has 4 aromatic rings. The molecule has 12 nitrogen and oxygen atoms in total. The summed E-state index contributed by atoms with van der Waals surface area (Å²) in [7, 11) is 0.0802. The zero-order valence-corrected chi connectivity index (χ0v) is 19.4. The minimum Gasteiger partial charge on any atom is -0.496 e. The number of rotatable bonds is 8. The third-order valence-corrected chi connectivity index (χ3v) is 6.74. The van der Waals surface area contributed by atoms with Crippen molar-refractivity contribution in [3.63, 3.8) is 0 Å². The molecule has 0 radical (unpaired) electrons. The van der Waals surface area contributed by atoms with E-state index in [0.717, 1.165) is 0 Å². The van der Waals surface area contributed by atoms with Gasteiger partial charge in [0.25, 0.3) is 10.0 Å². The average molecular weight is 487 g/mol. The Balaban J connectivity index is 1.57. The summed E-state index contributed by atoms with van der Waals surface area (Å²) in [5.41, 5.74) is 1.55. The van der Waals surface area contributed by atoms with Gasteiger partial charge in [-0.2, -0.15) is 5.10 Å². The van der Waals surface area contributed by atoms with E-state index in [1.807, 2.05) is 0 Å². The van der Waals surface area contributed by atoms with Crippen LogP contribution in [-0.4, -0.2) is 56.3 Å². The van der Waals surface area contributed by atoms with E-state index < -0.39 is 10.0 Å². The molecule has 34 heavy (non-hydrogen) atoms. The van der Waals surface area contributed by atoms with Gasteiger partial charge in [-0.05, 0) is 6.07 Å². The Morgan fingerprint density at radius 2 is 1.97 bits per heavy atom. The van der Waals surface area contributed by atoms with Crippen LogP contribution in [0.4, 0.5) is 5.82 Å². The molecule has 0 aliphatic carbocycles. The zero-order valence-electron chi connectivity index (χ0n) is 18.6. The van der Waals surface area contributed by atoms with Crippen molar-refractivity contribution in [2.24, 2.45) is 0 Å². The van der Waals surface area contributed by atoms with E-state index >= 15 is 0 Å². The van der Waals surface area contributed by atoms with Crippen LogP contribution in [0, 0.1) is 0 Å². The average Bonchev–Trinajstić information content (AvgIpc) is 3.59. The molecule has 0 unspecified atom stereocenters. The second-order valence-corrected chi connectivity index (χ2v) is 8.97. The van der Waals surface area contributed by atoms with Gasteiger partial charge in [-0.25, -0.2) is 13.4 Å². The van der Waals surface area contributed by atoms with Gasteiger partial charge in [0.15, 0.2) is 22.0 Å². The minimum absolute atomic E-state index is 0.0735. The van der Waals surface area contributed by atoms with Gasteiger partial charge in [-0.15, -0.1) is 0 Å². The largest absolute Gasteiger partial charge is 0.496 e. The first kappa shape index (κ1) is 21.8. The van der Waals surface area contributed by atoms with Crippen LogP contribution < -0.4 is 23.7 Å². The molecule has 5 rings (SSSR count). The summed E-state index contributed by atoms with van der Waals surface area (Å²) >= 11 is 0. The fraction of sp³-hybridized carbons (Fsp3) is 0.286. The van der Waals surface area contributed by atoms with Gasteiger partial charge >= 0.3 is 0 Å². The number of ether oxygens (including phenoxy) is 4. The molecule has 1 aliphatic rings. The van der Waals surface area contributed by atoms with Gasteiger partial charge in [-0.1, -0.05) is 5.16 Å². The van der Waals surface area contributed by atoms with Crippen molar-refractivity contribution in [1.82, 2.24) is 19.9 Å². The van der Waals surface area contributed by atoms with Gasteiger partial charge in [0.1, 0.15) is 16.9 Å². The third kappa shape index (κ3) is 3.63. The van der Waals surface area contributed by atoms with E-state index in [1.165, 1.54) is 27.4 Å². The van der Waals surface area contributed by atoms with Crippen molar-refractivity contribution in [1.29, 1.82) is 0 Å². The topological polar surface area (TPSA) is 140 Å². The van der Waals surface area contributed by atoms with E-state index in [4.69, 9.17) is 23.5 Å². The number of methoxy groups -OCH3 is 3. The number of hydrogen-bond donors (Lipinski definition) is 1. The van der Waals surface area contributed by atoms with Gasteiger partial charge in [0.05, 0.1) is 40.2 Å². The number of aromatic nitrogens is 4. The molecule has 0 bridgehead atoms. The number of nitrogens with zero attached hydrogens (tertiary/aromatic N) is 4. The molecule has 13 heteroatoms. The molecule has 1 N–H and O–H groups in total. The number of nitrogens with one attached hydrogen (secondary N) is 1. The van der Waals surface area contributed by atoms with Crippen LogP contribution in [0.2, 0.25) is 0 Å². The Hall–Kier alpha value is -4.00. The van der Waals surface area contributed by atoms with Gasteiger partial charge < -0.3 is 23.5 Å². The monoisotopic (exact) mass is 487 g/mol. The highest BCUT2D eigenvalue weighted by atomic mass is 32.2. The maximum absolute atomic E-state index is 13.5. The van der Waals surface area contributed by atoms with Gasteiger partial charge in [0, 0.05) is 36.5 Å². The number of pyridine rings is 1. The minimum atomic E-state index is -4.22. The molecule has 1 aromatic carbocycles. The first-order valence-electron chi connectivity index (χ1n) is 10.2. The van der Waals surface area contributed by atoms with Gasteiger partial charge in [0.2, 0.25) is 5.88 Å². The first-order valence-corrected chi connectivity index (χ1v) is 11.7. The van der Waals surface area contributed by atoms with Crippen LogP contribution in [0.25, 0.3) is 11.0 Å². The first-order chi connectivity index (χ1) is 16.4. The lowest BCUT2D eigenvalue weighted by molar-refractivity contribution is 0.338. The second-order valence-electron chi connectivity index (χ2n) is 7.35. The van der Waals surface area contributed by atoms with Crippen molar-refractivity contribution in [2.45, 2.75) is 17.9 Å². The van der Waals surface area contributed by atoms with Crippen molar-refractivity contribution < 1.29 is 31.9 Å². The zero-order chi connectivity index (χ0) is 23.9. The highest BCUT2D eigenvalue weighted by molar-refractivity contribution is 7.93. The number of benzene rings is 1. The number of sulfonamides is 1. The highest BCUT2D eigenvalue weighted by Gasteiger charge is 2.34. The molecule has 3 aromatic heterocycles. The Labute approximate surface area is 194 Å². The smallest absolute Gasteiger partial charge is 0.270 e. The molecule has 0 spiro atoms. The Bertz CT molecular complexity index is 1460. The molecule has 0 saturated carbocycles. The molecule has 0 atom stereocenters. The number of fused-ring (bicyclic) bond motifs is 2. The van der Waals surface area contributed by atoms with Crippen LogP contribution >= 0.6 is 0 Å². The summed E-state index contributed by atoms with van der Waals surface area (Å²) in [6, 6.07) is 4.97. The fourth-order valence-corrected chi connectivity index (χ4v) is 5.21. The Morgan fingerprint density at radius 1 is 1.15 bits per heavy atom. The van der Waals surface area contributed by atoms with Crippen LogP contribution in [0.15, 0.2) is 40.0 Å². The van der Waals surface area contributed by atoms with E-state index in [-0.39, 0.29) is 33.5 Å². The summed E-state index contributed by atoms with van der Waals surface area (Å²) in [5, 5.41) is 8.36. The molecular formula is C21H21N5O7S. The molecule has 178 valence electrons. The van der Waals surface area contributed by atoms with Crippen molar-refractivity contribution >= 4 is 26.8 Å². The molecule has 4 heterocycles. The maximum Gasteiger partial charge on any atom is 0.270 e. The summed E-state index contributed by atoms with van der Waals surface area (Å²) in [5.74, 6) is 0.828. The van der Waals surface area contributed by atoms with E-state index in [2.05, 4.69) is 20.0 Å². The van der Waals surface area contributed by atoms with E-state index in [0.29, 0.717) is 42.2 Å². The van der Waals surface area contributed by atoms with Crippen LogP contribution in [-0.2, 0) is 23.0 Å². The second kappa shape index (κ2) is 8.41. The van der Waals surface area contributed by atoms with E-state index in [9.17, 15) is 8.42 Å². The fourth-order valence-electron chi connectivity index (χ4n) is 3.88. The third-order valence-electron chi connectivity index (χ3n) is 5.35. The molecular weight excluding hydrogens is 466 g/mol. The molecule has 0 amide bonds. The summed E-state index contributed by atoms with van der Waals surface area (Å²) in [6.07, 6.45) is 3.96. The van der Waals surface area contributed by atoms with Crippen molar-refractivity contribution in [3.8, 4) is 23.1 Å². The standard InChI is InChI=1S/C21H21N5O7S/c1-29-14-10-16(30-2)19(18-13(14)5-8-32-18)34(27,28)25-20-17-15(33-24-20)9-12(23-21(17)31-3)11-26-7-4-6-22-26/h4,6-7,9-10H,5,8,11H2,1-3H3,(H,24,25). The quantitative estimate of drug-likeness (QED) is 0.393. The molecule has 1 aliphatic heterocycles. The number of anilines is 1. The molecule has 0 fully saturated rings. The maximum atomic E-state index is 13.5. The van der Waals surface area contributed by atoms with Crippen LogP contribution in [0.5, 0.6) is 23.1 Å². The predicted molar refractivity (Wildman–Crippen MR) is 119 cm³/mol. The lowest BCUT2D eigenvalue weighted by Gasteiger charge is -2.16. The van der Waals surface area contributed by atoms with Gasteiger partial charge in [-0.3, -0.25) is 9.40 Å². The van der Waals surface area contributed by atoms with Crippen LogP contribution in [0.1, 0.15) is 11.3 Å². The Morgan fingerprint density at radius 3 is 2.68 bits per heavy atom. The summed E-state index contributed by atoms with van der Waals surface area (Å²) in [6.45, 7) is 0.693. The Kier molecular flexibility index (Phi) is 5.40. The van der Waals surface area contributed by atoms with Crippen LogP contribution in [0.3, 0.4) is 0 Å². The number of hydrogen-bond acceptors (Lipinski definition) is 10. The summed E-state index contributed by atoms with van der Waals surface area (Å²) in [4.78, 5) is 4.31. The predicted octanol–water partition coefficient (Wildman–Crippen LogP) is 2.23. The molecule has 0 saturated heterocycles. The lowest BCUT2D eigenvalue weighted by atomic mass is 10.1. The van der Waals surface area contributed by atoms with Crippen molar-refractivity contribution in [2.75, 3.05) is 32.7 Å². The SMILES string of the molecule is COc1cc(OC)c(S(=O)(=O)Nc2noc3cc(Cn4cccn4)nc(OC)c23)c2c1CCO2. The summed E-state index contributed by atoms with van der Waals surface area (Å²) < 4.78 is 58.3. The lowest BCUT2D eigenvalue weighted by Crippen LogP contribution is -2.16. The van der Waals surface area contributed by atoms with Crippen molar-refractivity contribution in [3.05, 3.63) is 41.9 Å². The highest BCUT2D eigenvalue weighted by Crippen LogP contribution is 2.46.